The smallest absolute Gasteiger partial charge is 0.0211 e. The van der Waals surface area contributed by atoms with Crippen LogP contribution in [0.1, 0.15) is 47.0 Å². The Morgan fingerprint density at radius 2 is 1.94 bits per heavy atom. The van der Waals surface area contributed by atoms with Gasteiger partial charge < -0.3 is 10.6 Å². The molecule has 102 valence electrons. The highest BCUT2D eigenvalue weighted by atomic mass is 32.2. The molecule has 0 saturated heterocycles. The van der Waals surface area contributed by atoms with Crippen LogP contribution in [0.5, 0.6) is 0 Å². The third kappa shape index (κ3) is 4.46. The zero-order valence-corrected chi connectivity index (χ0v) is 12.9. The van der Waals surface area contributed by atoms with E-state index in [1.54, 1.807) is 0 Å². The minimum atomic E-state index is 0.338. The van der Waals surface area contributed by atoms with Crippen molar-refractivity contribution in [3.05, 3.63) is 0 Å². The van der Waals surface area contributed by atoms with Gasteiger partial charge in [-0.3, -0.25) is 0 Å². The second kappa shape index (κ2) is 7.01. The fourth-order valence-corrected chi connectivity index (χ4v) is 4.24. The van der Waals surface area contributed by atoms with Crippen molar-refractivity contribution in [3.63, 3.8) is 0 Å². The predicted molar refractivity (Wildman–Crippen MR) is 79.6 cm³/mol. The molecule has 2 N–H and O–H groups in total. The summed E-state index contributed by atoms with van der Waals surface area (Å²) < 4.78 is 0. The van der Waals surface area contributed by atoms with E-state index >= 15 is 0 Å². The van der Waals surface area contributed by atoms with Gasteiger partial charge in [-0.2, -0.15) is 11.8 Å². The summed E-state index contributed by atoms with van der Waals surface area (Å²) in [4.78, 5) is 2.49. The number of hydrogen-bond acceptors (Lipinski definition) is 3. The zero-order valence-electron chi connectivity index (χ0n) is 12.0. The molecule has 0 heterocycles. The summed E-state index contributed by atoms with van der Waals surface area (Å²) in [5.41, 5.74) is 6.74. The van der Waals surface area contributed by atoms with Crippen molar-refractivity contribution in [2.24, 2.45) is 11.1 Å². The molecule has 1 aliphatic carbocycles. The van der Waals surface area contributed by atoms with E-state index in [-0.39, 0.29) is 0 Å². The summed E-state index contributed by atoms with van der Waals surface area (Å²) in [5.74, 6) is 1.23. The lowest BCUT2D eigenvalue weighted by Gasteiger charge is -2.41. The summed E-state index contributed by atoms with van der Waals surface area (Å²) in [6.45, 7) is 12.7. The van der Waals surface area contributed by atoms with Gasteiger partial charge in [0.15, 0.2) is 0 Å². The minimum Gasteiger partial charge on any atom is -0.326 e. The molecule has 2 unspecified atom stereocenters. The van der Waals surface area contributed by atoms with E-state index in [1.807, 2.05) is 0 Å². The van der Waals surface area contributed by atoms with Gasteiger partial charge in [-0.25, -0.2) is 0 Å². The first kappa shape index (κ1) is 15.3. The quantitative estimate of drug-likeness (QED) is 0.794. The molecule has 1 fully saturated rings. The molecule has 3 heteroatoms. The number of rotatable bonds is 6. The molecule has 1 rings (SSSR count). The van der Waals surface area contributed by atoms with E-state index in [0.717, 1.165) is 0 Å². The van der Waals surface area contributed by atoms with Crippen LogP contribution in [0.3, 0.4) is 0 Å². The van der Waals surface area contributed by atoms with Gasteiger partial charge in [-0.15, -0.1) is 0 Å². The summed E-state index contributed by atoms with van der Waals surface area (Å²) in [5, 5.41) is 0.675. The van der Waals surface area contributed by atoms with Gasteiger partial charge in [-0.05, 0) is 31.3 Å². The number of nitrogens with zero attached hydrogens (tertiary/aromatic N) is 1. The summed E-state index contributed by atoms with van der Waals surface area (Å²) >= 11 is 2.10. The van der Waals surface area contributed by atoms with Crippen LogP contribution < -0.4 is 5.73 Å². The largest absolute Gasteiger partial charge is 0.326 e. The Labute approximate surface area is 112 Å². The standard InChI is InChI=1S/C14H30N2S/c1-5-16(6-2)10-11-17-12-8-7-9-14(3,4)13(12)15/h12-13H,5-11,15H2,1-4H3. The molecule has 0 bridgehead atoms. The van der Waals surface area contributed by atoms with E-state index in [9.17, 15) is 0 Å². The van der Waals surface area contributed by atoms with E-state index in [2.05, 4.69) is 44.4 Å². The van der Waals surface area contributed by atoms with Crippen molar-refractivity contribution in [1.82, 2.24) is 4.90 Å². The first-order chi connectivity index (χ1) is 8.01. The lowest BCUT2D eigenvalue weighted by Crippen LogP contribution is -2.48. The molecule has 0 radical (unpaired) electrons. The van der Waals surface area contributed by atoms with Crippen LogP contribution in [0.25, 0.3) is 0 Å². The van der Waals surface area contributed by atoms with Crippen LogP contribution >= 0.6 is 11.8 Å². The maximum atomic E-state index is 6.40. The van der Waals surface area contributed by atoms with Crippen molar-refractivity contribution in [1.29, 1.82) is 0 Å². The molecule has 2 nitrogen and oxygen atoms in total. The Bertz CT molecular complexity index is 214. The van der Waals surface area contributed by atoms with Crippen LogP contribution in [0, 0.1) is 5.41 Å². The maximum absolute atomic E-state index is 6.40. The summed E-state index contributed by atoms with van der Waals surface area (Å²) in [6, 6.07) is 0.373. The third-order valence-corrected chi connectivity index (χ3v) is 5.62. The minimum absolute atomic E-state index is 0.338. The average molecular weight is 258 g/mol. The van der Waals surface area contributed by atoms with Crippen LogP contribution in [0.4, 0.5) is 0 Å². The zero-order chi connectivity index (χ0) is 12.9. The van der Waals surface area contributed by atoms with Gasteiger partial charge in [0.1, 0.15) is 0 Å². The Balaban J connectivity index is 2.31. The lowest BCUT2D eigenvalue weighted by atomic mass is 9.73. The van der Waals surface area contributed by atoms with Crippen LogP contribution in [-0.4, -0.2) is 41.6 Å². The Hall–Kier alpha value is 0.270. The second-order valence-electron chi connectivity index (χ2n) is 5.84. The monoisotopic (exact) mass is 258 g/mol. The van der Waals surface area contributed by atoms with Crippen LogP contribution in [0.2, 0.25) is 0 Å². The first-order valence-corrected chi connectivity index (χ1v) is 8.15. The molecule has 0 aromatic rings. The van der Waals surface area contributed by atoms with Gasteiger partial charge in [-0.1, -0.05) is 34.1 Å². The number of nitrogens with two attached hydrogens (primary N) is 1. The molecule has 0 amide bonds. The van der Waals surface area contributed by atoms with Crippen LogP contribution in [0.15, 0.2) is 0 Å². The molecule has 0 spiro atoms. The average Bonchev–Trinajstić information content (AvgIpc) is 2.30. The fourth-order valence-electron chi connectivity index (χ4n) is 2.67. The molecule has 1 saturated carbocycles. The SMILES string of the molecule is CCN(CC)CCSC1CCCC(C)(C)C1N. The maximum Gasteiger partial charge on any atom is 0.0211 e. The number of thioether (sulfide) groups is 1. The second-order valence-corrected chi connectivity index (χ2v) is 7.19. The Morgan fingerprint density at radius 3 is 2.53 bits per heavy atom. The Kier molecular flexibility index (Phi) is 6.32. The van der Waals surface area contributed by atoms with Gasteiger partial charge in [0.2, 0.25) is 0 Å². The van der Waals surface area contributed by atoms with Crippen molar-refractivity contribution in [2.75, 3.05) is 25.4 Å². The normalized spacial score (nSPS) is 28.6. The van der Waals surface area contributed by atoms with Gasteiger partial charge >= 0.3 is 0 Å². The van der Waals surface area contributed by atoms with E-state index < -0.39 is 0 Å². The van der Waals surface area contributed by atoms with Crippen molar-refractivity contribution < 1.29 is 0 Å². The highest BCUT2D eigenvalue weighted by Crippen LogP contribution is 2.39. The van der Waals surface area contributed by atoms with E-state index in [4.69, 9.17) is 5.73 Å². The molecule has 0 aromatic carbocycles. The first-order valence-electron chi connectivity index (χ1n) is 7.10. The predicted octanol–water partition coefficient (Wildman–Crippen LogP) is 2.97. The summed E-state index contributed by atoms with van der Waals surface area (Å²) in [7, 11) is 0. The third-order valence-electron chi connectivity index (χ3n) is 4.25. The molecule has 2 atom stereocenters. The highest BCUT2D eigenvalue weighted by molar-refractivity contribution is 8.00. The van der Waals surface area contributed by atoms with Gasteiger partial charge in [0.25, 0.3) is 0 Å². The fraction of sp³-hybridized carbons (Fsp3) is 1.00. The van der Waals surface area contributed by atoms with Crippen LogP contribution in [-0.2, 0) is 0 Å². The van der Waals surface area contributed by atoms with Crippen molar-refractivity contribution >= 4 is 11.8 Å². The Morgan fingerprint density at radius 1 is 1.29 bits per heavy atom. The van der Waals surface area contributed by atoms with E-state index in [0.29, 0.717) is 16.7 Å². The molecule has 1 aliphatic rings. The van der Waals surface area contributed by atoms with E-state index in [1.165, 1.54) is 44.6 Å². The molecule has 0 aromatic heterocycles. The highest BCUT2D eigenvalue weighted by Gasteiger charge is 2.36. The van der Waals surface area contributed by atoms with Crippen molar-refractivity contribution in [2.45, 2.75) is 58.2 Å². The molecular formula is C14H30N2S. The topological polar surface area (TPSA) is 29.3 Å². The molecular weight excluding hydrogens is 228 g/mol. The van der Waals surface area contributed by atoms with Gasteiger partial charge in [0, 0.05) is 23.6 Å². The molecule has 0 aliphatic heterocycles. The number of hydrogen-bond donors (Lipinski definition) is 1. The molecule has 17 heavy (non-hydrogen) atoms. The van der Waals surface area contributed by atoms with Crippen molar-refractivity contribution in [3.8, 4) is 0 Å². The summed E-state index contributed by atoms with van der Waals surface area (Å²) in [6.07, 6.45) is 3.96. The van der Waals surface area contributed by atoms with Gasteiger partial charge in [0.05, 0.1) is 0 Å². The lowest BCUT2D eigenvalue weighted by molar-refractivity contribution is 0.208.